The van der Waals surface area contributed by atoms with E-state index in [9.17, 15) is 19.7 Å². The van der Waals surface area contributed by atoms with Crippen molar-refractivity contribution in [2.24, 2.45) is 0 Å². The smallest absolute Gasteiger partial charge is 0.309 e. The highest BCUT2D eigenvalue weighted by Gasteiger charge is 2.22. The van der Waals surface area contributed by atoms with Crippen LogP contribution in [0.2, 0.25) is 0 Å². The molecule has 0 radical (unpaired) electrons. The minimum absolute atomic E-state index is 0.0597. The minimum Gasteiger partial charge on any atom is -0.324 e. The molecule has 2 aromatic rings. The van der Waals surface area contributed by atoms with Gasteiger partial charge in [-0.05, 0) is 45.0 Å². The number of aromatic nitrogens is 2. The third-order valence-corrected chi connectivity index (χ3v) is 3.42. The Bertz CT molecular complexity index is 764. The summed E-state index contributed by atoms with van der Waals surface area (Å²) in [5, 5.41) is 17.5. The molecule has 0 saturated carbocycles. The van der Waals surface area contributed by atoms with Gasteiger partial charge in [-0.2, -0.15) is 5.10 Å². The monoisotopic (exact) mass is 316 g/mol. The van der Waals surface area contributed by atoms with Crippen LogP contribution in [0.1, 0.15) is 35.9 Å². The van der Waals surface area contributed by atoms with Gasteiger partial charge in [-0.3, -0.25) is 24.4 Å². The van der Waals surface area contributed by atoms with E-state index in [1.54, 1.807) is 31.2 Å². The number of hydrogen-bond acceptors (Lipinski definition) is 5. The highest BCUT2D eigenvalue weighted by Crippen LogP contribution is 2.19. The Balaban J connectivity index is 2.12. The van der Waals surface area contributed by atoms with Crippen molar-refractivity contribution in [2.75, 3.05) is 5.32 Å². The second-order valence-electron chi connectivity index (χ2n) is 5.14. The summed E-state index contributed by atoms with van der Waals surface area (Å²) in [6, 6.07) is 5.77. The Morgan fingerprint density at radius 2 is 1.91 bits per heavy atom. The topological polar surface area (TPSA) is 107 Å². The van der Waals surface area contributed by atoms with Gasteiger partial charge in [0.15, 0.2) is 5.78 Å². The van der Waals surface area contributed by atoms with E-state index in [0.29, 0.717) is 11.3 Å². The highest BCUT2D eigenvalue weighted by atomic mass is 16.6. The number of rotatable bonds is 5. The van der Waals surface area contributed by atoms with Gasteiger partial charge in [-0.1, -0.05) is 0 Å². The van der Waals surface area contributed by atoms with Crippen LogP contribution in [0.3, 0.4) is 0 Å². The molecular weight excluding hydrogens is 300 g/mol. The number of anilines is 1. The normalized spacial score (nSPS) is 11.8. The van der Waals surface area contributed by atoms with E-state index in [4.69, 9.17) is 0 Å². The van der Waals surface area contributed by atoms with Crippen LogP contribution in [0.25, 0.3) is 0 Å². The number of nitrogens with zero attached hydrogens (tertiary/aromatic N) is 3. The van der Waals surface area contributed by atoms with Gasteiger partial charge >= 0.3 is 5.69 Å². The van der Waals surface area contributed by atoms with Crippen LogP contribution in [-0.2, 0) is 4.79 Å². The molecule has 1 aromatic carbocycles. The van der Waals surface area contributed by atoms with Gasteiger partial charge in [-0.25, -0.2) is 0 Å². The van der Waals surface area contributed by atoms with E-state index >= 15 is 0 Å². The molecular formula is C15H16N4O4. The van der Waals surface area contributed by atoms with Crippen molar-refractivity contribution in [3.05, 3.63) is 51.8 Å². The lowest BCUT2D eigenvalue weighted by molar-refractivity contribution is -0.385. The van der Waals surface area contributed by atoms with Crippen LogP contribution >= 0.6 is 0 Å². The lowest BCUT2D eigenvalue weighted by Gasteiger charge is -2.12. The molecule has 0 saturated heterocycles. The summed E-state index contributed by atoms with van der Waals surface area (Å²) in [7, 11) is 0. The zero-order valence-corrected chi connectivity index (χ0v) is 12.9. The van der Waals surface area contributed by atoms with Crippen molar-refractivity contribution < 1.29 is 14.5 Å². The lowest BCUT2D eigenvalue weighted by atomic mass is 10.1. The number of amides is 1. The maximum atomic E-state index is 12.2. The second kappa shape index (κ2) is 6.39. The van der Waals surface area contributed by atoms with Crippen molar-refractivity contribution in [2.45, 2.75) is 26.8 Å². The van der Waals surface area contributed by atoms with Crippen LogP contribution in [0, 0.1) is 17.0 Å². The SMILES string of the molecule is CC(=O)c1ccc(NC(=O)C(C)n2cc([N+](=O)[O-])c(C)n2)cc1. The summed E-state index contributed by atoms with van der Waals surface area (Å²) in [5.74, 6) is -0.423. The molecule has 0 fully saturated rings. The van der Waals surface area contributed by atoms with Gasteiger partial charge in [0.1, 0.15) is 17.9 Å². The third-order valence-electron chi connectivity index (χ3n) is 3.42. The average Bonchev–Trinajstić information content (AvgIpc) is 2.89. The molecule has 0 aliphatic heterocycles. The van der Waals surface area contributed by atoms with Crippen molar-refractivity contribution >= 4 is 23.1 Å². The molecule has 1 amide bonds. The summed E-state index contributed by atoms with van der Waals surface area (Å²) in [6.07, 6.45) is 1.23. The number of nitrogens with one attached hydrogen (secondary N) is 1. The predicted octanol–water partition coefficient (Wildman–Crippen LogP) is 2.50. The first kappa shape index (κ1) is 16.3. The van der Waals surface area contributed by atoms with Gasteiger partial charge < -0.3 is 5.32 Å². The van der Waals surface area contributed by atoms with Crippen LogP contribution in [0.15, 0.2) is 30.5 Å². The zero-order chi connectivity index (χ0) is 17.1. The van der Waals surface area contributed by atoms with E-state index in [2.05, 4.69) is 10.4 Å². The third kappa shape index (κ3) is 3.60. The van der Waals surface area contributed by atoms with E-state index in [1.807, 2.05) is 0 Å². The summed E-state index contributed by atoms with van der Waals surface area (Å²) < 4.78 is 1.26. The van der Waals surface area contributed by atoms with Crippen LogP contribution in [-0.4, -0.2) is 26.4 Å². The Labute approximate surface area is 132 Å². The number of nitro groups is 1. The van der Waals surface area contributed by atoms with Crippen molar-refractivity contribution in [3.8, 4) is 0 Å². The van der Waals surface area contributed by atoms with E-state index in [1.165, 1.54) is 24.7 Å². The number of aryl methyl sites for hydroxylation is 1. The first-order valence-corrected chi connectivity index (χ1v) is 6.91. The first-order valence-electron chi connectivity index (χ1n) is 6.91. The molecule has 8 nitrogen and oxygen atoms in total. The Morgan fingerprint density at radius 3 is 2.39 bits per heavy atom. The number of benzene rings is 1. The average molecular weight is 316 g/mol. The standard InChI is InChI=1S/C15H16N4O4/c1-9-14(19(22)23)8-18(17-9)10(2)15(21)16-13-6-4-12(5-7-13)11(3)20/h4-8,10H,1-3H3,(H,16,21). The van der Waals surface area contributed by atoms with Gasteiger partial charge in [0.05, 0.1) is 4.92 Å². The molecule has 23 heavy (non-hydrogen) atoms. The van der Waals surface area contributed by atoms with Gasteiger partial charge in [0.2, 0.25) is 5.91 Å². The number of ketones is 1. The fourth-order valence-corrected chi connectivity index (χ4v) is 2.00. The van der Waals surface area contributed by atoms with Crippen molar-refractivity contribution in [3.63, 3.8) is 0 Å². The maximum Gasteiger partial charge on any atom is 0.309 e. The first-order chi connectivity index (χ1) is 10.8. The van der Waals surface area contributed by atoms with Crippen molar-refractivity contribution in [1.29, 1.82) is 0 Å². The molecule has 0 aliphatic carbocycles. The lowest BCUT2D eigenvalue weighted by Crippen LogP contribution is -2.24. The maximum absolute atomic E-state index is 12.2. The largest absolute Gasteiger partial charge is 0.324 e. The molecule has 1 heterocycles. The fourth-order valence-electron chi connectivity index (χ4n) is 2.00. The molecule has 0 spiro atoms. The molecule has 1 unspecified atom stereocenters. The van der Waals surface area contributed by atoms with Crippen LogP contribution in [0.4, 0.5) is 11.4 Å². The summed E-state index contributed by atoms with van der Waals surface area (Å²) in [4.78, 5) is 33.7. The molecule has 120 valence electrons. The Hall–Kier alpha value is -3.03. The molecule has 0 aliphatic rings. The Morgan fingerprint density at radius 1 is 1.30 bits per heavy atom. The van der Waals surface area contributed by atoms with Gasteiger partial charge in [0.25, 0.3) is 0 Å². The molecule has 1 N–H and O–H groups in total. The van der Waals surface area contributed by atoms with Crippen molar-refractivity contribution in [1.82, 2.24) is 9.78 Å². The number of hydrogen-bond donors (Lipinski definition) is 1. The Kier molecular flexibility index (Phi) is 4.54. The summed E-state index contributed by atoms with van der Waals surface area (Å²) >= 11 is 0. The zero-order valence-electron chi connectivity index (χ0n) is 12.9. The fraction of sp³-hybridized carbons (Fsp3) is 0.267. The molecule has 1 atom stereocenters. The number of Topliss-reactive ketones (excluding diaryl/α,β-unsaturated/α-hetero) is 1. The van der Waals surface area contributed by atoms with Gasteiger partial charge in [-0.15, -0.1) is 0 Å². The second-order valence-corrected chi connectivity index (χ2v) is 5.14. The number of carbonyl (C=O) groups excluding carboxylic acids is 2. The van der Waals surface area contributed by atoms with Gasteiger partial charge in [0, 0.05) is 11.3 Å². The summed E-state index contributed by atoms with van der Waals surface area (Å²) in [6.45, 7) is 4.57. The minimum atomic E-state index is -0.713. The van der Waals surface area contributed by atoms with Crippen LogP contribution in [0.5, 0.6) is 0 Å². The predicted molar refractivity (Wildman–Crippen MR) is 83.4 cm³/mol. The van der Waals surface area contributed by atoms with E-state index < -0.39 is 11.0 Å². The molecule has 8 heteroatoms. The van der Waals surface area contributed by atoms with E-state index in [-0.39, 0.29) is 23.1 Å². The molecule has 0 bridgehead atoms. The quantitative estimate of drug-likeness (QED) is 0.518. The van der Waals surface area contributed by atoms with Crippen LogP contribution < -0.4 is 5.32 Å². The van der Waals surface area contributed by atoms with E-state index in [0.717, 1.165) is 0 Å². The highest BCUT2D eigenvalue weighted by molar-refractivity contribution is 5.96. The molecule has 1 aromatic heterocycles. The molecule has 2 rings (SSSR count). The number of carbonyl (C=O) groups is 2. The summed E-state index contributed by atoms with van der Waals surface area (Å²) in [5.41, 5.74) is 1.20.